The molecule has 0 radical (unpaired) electrons. The zero-order chi connectivity index (χ0) is 14.8. The Morgan fingerprint density at radius 1 is 0.500 bits per heavy atom. The number of pyridine rings is 1. The normalized spacial score (nSPS) is 10.7. The van der Waals surface area contributed by atoms with Gasteiger partial charge >= 0.3 is 0 Å². The minimum Gasteiger partial charge on any atom is -0.248 e. The molecule has 0 atom stereocenters. The van der Waals surface area contributed by atoms with Gasteiger partial charge in [-0.3, -0.25) is 0 Å². The molecule has 0 saturated heterocycles. The smallest absolute Gasteiger partial charge is 0.0709 e. The van der Waals surface area contributed by atoms with E-state index in [0.717, 1.165) is 16.8 Å². The summed E-state index contributed by atoms with van der Waals surface area (Å²) in [7, 11) is 0. The van der Waals surface area contributed by atoms with Gasteiger partial charge in [-0.25, -0.2) is 4.98 Å². The van der Waals surface area contributed by atoms with Gasteiger partial charge in [0, 0.05) is 10.9 Å². The summed E-state index contributed by atoms with van der Waals surface area (Å²) in [5.41, 5.74) is 5.65. The van der Waals surface area contributed by atoms with Gasteiger partial charge in [-0.15, -0.1) is 0 Å². The van der Waals surface area contributed by atoms with Crippen LogP contribution in [0.4, 0.5) is 0 Å². The number of aromatic nitrogens is 1. The highest BCUT2D eigenvalue weighted by Crippen LogP contribution is 2.25. The van der Waals surface area contributed by atoms with E-state index in [0.29, 0.717) is 0 Å². The predicted octanol–water partition coefficient (Wildman–Crippen LogP) is 5.57. The molecule has 22 heavy (non-hydrogen) atoms. The summed E-state index contributed by atoms with van der Waals surface area (Å²) in [5.74, 6) is 0. The minimum absolute atomic E-state index is 1.01. The van der Waals surface area contributed by atoms with Gasteiger partial charge in [0.25, 0.3) is 0 Å². The first kappa shape index (κ1) is 12.8. The molecule has 1 heteroatoms. The lowest BCUT2D eigenvalue weighted by molar-refractivity contribution is 1.40. The number of hydrogen-bond acceptors (Lipinski definition) is 1. The van der Waals surface area contributed by atoms with E-state index in [2.05, 4.69) is 66.7 Å². The standard InChI is InChI=1S/C21H15N/c1-3-7-16(8-4-1)18-11-13-21-19(15-18)12-14-20(22-21)17-9-5-2-6-10-17/h1-15H. The number of hydrogen-bond donors (Lipinski definition) is 0. The van der Waals surface area contributed by atoms with Crippen molar-refractivity contribution in [2.45, 2.75) is 0 Å². The lowest BCUT2D eigenvalue weighted by Crippen LogP contribution is -1.86. The first-order chi connectivity index (χ1) is 10.9. The summed E-state index contributed by atoms with van der Waals surface area (Å²) in [6.07, 6.45) is 0. The molecule has 1 aromatic heterocycles. The van der Waals surface area contributed by atoms with Crippen LogP contribution < -0.4 is 0 Å². The minimum atomic E-state index is 1.01. The number of rotatable bonds is 2. The Bertz CT molecular complexity index is 833. The molecule has 104 valence electrons. The van der Waals surface area contributed by atoms with E-state index in [1.165, 1.54) is 16.5 Å². The maximum absolute atomic E-state index is 4.78. The van der Waals surface area contributed by atoms with E-state index in [1.54, 1.807) is 0 Å². The van der Waals surface area contributed by atoms with Crippen molar-refractivity contribution < 1.29 is 0 Å². The van der Waals surface area contributed by atoms with Crippen molar-refractivity contribution in [2.24, 2.45) is 0 Å². The van der Waals surface area contributed by atoms with E-state index in [9.17, 15) is 0 Å². The third-order valence-electron chi connectivity index (χ3n) is 3.87. The van der Waals surface area contributed by atoms with Crippen molar-refractivity contribution in [2.75, 3.05) is 0 Å². The van der Waals surface area contributed by atoms with Gasteiger partial charge in [-0.1, -0.05) is 72.8 Å². The Kier molecular flexibility index (Phi) is 3.17. The Hall–Kier alpha value is -2.93. The fourth-order valence-corrected chi connectivity index (χ4v) is 2.71. The van der Waals surface area contributed by atoms with Crippen LogP contribution in [0.5, 0.6) is 0 Å². The van der Waals surface area contributed by atoms with Gasteiger partial charge in [-0.05, 0) is 29.3 Å². The van der Waals surface area contributed by atoms with Crippen molar-refractivity contribution in [1.82, 2.24) is 4.98 Å². The van der Waals surface area contributed by atoms with Crippen LogP contribution in [0.2, 0.25) is 0 Å². The summed E-state index contributed by atoms with van der Waals surface area (Å²) in [5, 5.41) is 1.17. The fraction of sp³-hybridized carbons (Fsp3) is 0. The molecule has 0 aliphatic heterocycles. The van der Waals surface area contributed by atoms with Crippen LogP contribution in [-0.4, -0.2) is 4.98 Å². The molecule has 0 bridgehead atoms. The van der Waals surface area contributed by atoms with Crippen LogP contribution in [0, 0.1) is 0 Å². The molecule has 0 N–H and O–H groups in total. The molecular formula is C21H15N. The summed E-state index contributed by atoms with van der Waals surface area (Å²) < 4.78 is 0. The van der Waals surface area contributed by atoms with Crippen LogP contribution in [0.1, 0.15) is 0 Å². The van der Waals surface area contributed by atoms with E-state index in [-0.39, 0.29) is 0 Å². The Balaban J connectivity index is 1.80. The van der Waals surface area contributed by atoms with Crippen LogP contribution in [-0.2, 0) is 0 Å². The summed E-state index contributed by atoms with van der Waals surface area (Å²) in [6.45, 7) is 0. The zero-order valence-corrected chi connectivity index (χ0v) is 12.1. The van der Waals surface area contributed by atoms with Gasteiger partial charge in [0.15, 0.2) is 0 Å². The highest BCUT2D eigenvalue weighted by atomic mass is 14.7. The van der Waals surface area contributed by atoms with Crippen molar-refractivity contribution in [3.05, 3.63) is 91.0 Å². The lowest BCUT2D eigenvalue weighted by Gasteiger charge is -2.06. The van der Waals surface area contributed by atoms with Crippen molar-refractivity contribution in [1.29, 1.82) is 0 Å². The molecule has 0 fully saturated rings. The molecule has 4 aromatic rings. The van der Waals surface area contributed by atoms with Crippen LogP contribution in [0.15, 0.2) is 91.0 Å². The van der Waals surface area contributed by atoms with Crippen LogP contribution >= 0.6 is 0 Å². The molecule has 0 aliphatic rings. The van der Waals surface area contributed by atoms with Gasteiger partial charge < -0.3 is 0 Å². The second-order valence-corrected chi connectivity index (χ2v) is 5.34. The molecule has 0 unspecified atom stereocenters. The highest BCUT2D eigenvalue weighted by Gasteiger charge is 2.03. The Morgan fingerprint density at radius 2 is 1.18 bits per heavy atom. The maximum Gasteiger partial charge on any atom is 0.0709 e. The second kappa shape index (κ2) is 5.45. The second-order valence-electron chi connectivity index (χ2n) is 5.34. The number of benzene rings is 3. The molecule has 0 spiro atoms. The average Bonchev–Trinajstić information content (AvgIpc) is 2.62. The van der Waals surface area contributed by atoms with Crippen molar-refractivity contribution in [3.63, 3.8) is 0 Å². The van der Waals surface area contributed by atoms with Gasteiger partial charge in [0.2, 0.25) is 0 Å². The largest absolute Gasteiger partial charge is 0.248 e. The van der Waals surface area contributed by atoms with Gasteiger partial charge in [0.05, 0.1) is 11.2 Å². The van der Waals surface area contributed by atoms with E-state index < -0.39 is 0 Å². The first-order valence-corrected chi connectivity index (χ1v) is 7.42. The molecule has 0 saturated carbocycles. The molecule has 1 heterocycles. The summed E-state index contributed by atoms with van der Waals surface area (Å²) in [4.78, 5) is 4.78. The SMILES string of the molecule is c1ccc(-c2ccc3nc(-c4ccccc4)ccc3c2)cc1. The number of fused-ring (bicyclic) bond motifs is 1. The Morgan fingerprint density at radius 3 is 1.91 bits per heavy atom. The molecule has 0 amide bonds. The van der Waals surface area contributed by atoms with Crippen LogP contribution in [0.3, 0.4) is 0 Å². The third kappa shape index (κ3) is 2.38. The van der Waals surface area contributed by atoms with Crippen molar-refractivity contribution in [3.8, 4) is 22.4 Å². The maximum atomic E-state index is 4.78. The first-order valence-electron chi connectivity index (χ1n) is 7.42. The summed E-state index contributed by atoms with van der Waals surface area (Å²) in [6, 6.07) is 31.4. The lowest BCUT2D eigenvalue weighted by atomic mass is 10.0. The summed E-state index contributed by atoms with van der Waals surface area (Å²) >= 11 is 0. The van der Waals surface area contributed by atoms with E-state index >= 15 is 0 Å². The molecular weight excluding hydrogens is 266 g/mol. The van der Waals surface area contributed by atoms with Gasteiger partial charge in [-0.2, -0.15) is 0 Å². The fourth-order valence-electron chi connectivity index (χ4n) is 2.71. The van der Waals surface area contributed by atoms with E-state index in [1.807, 2.05) is 24.3 Å². The zero-order valence-electron chi connectivity index (χ0n) is 12.1. The van der Waals surface area contributed by atoms with Crippen LogP contribution in [0.25, 0.3) is 33.3 Å². The van der Waals surface area contributed by atoms with E-state index in [4.69, 9.17) is 4.98 Å². The van der Waals surface area contributed by atoms with Crippen molar-refractivity contribution >= 4 is 10.9 Å². The quantitative estimate of drug-likeness (QED) is 0.468. The monoisotopic (exact) mass is 281 g/mol. The highest BCUT2D eigenvalue weighted by molar-refractivity contribution is 5.86. The van der Waals surface area contributed by atoms with Gasteiger partial charge in [0.1, 0.15) is 0 Å². The number of nitrogens with zero attached hydrogens (tertiary/aromatic N) is 1. The predicted molar refractivity (Wildman–Crippen MR) is 92.6 cm³/mol. The molecule has 4 rings (SSSR count). The molecule has 3 aromatic carbocycles. The average molecular weight is 281 g/mol. The third-order valence-corrected chi connectivity index (χ3v) is 3.87. The topological polar surface area (TPSA) is 12.9 Å². The molecule has 0 aliphatic carbocycles. The molecule has 1 nitrogen and oxygen atoms in total. The Labute approximate surface area is 129 Å².